The lowest BCUT2D eigenvalue weighted by atomic mass is 9.81. The number of aromatic nitrogens is 2. The molecule has 2 N–H and O–H groups in total. The minimum absolute atomic E-state index is 0.0275. The highest BCUT2D eigenvalue weighted by Gasteiger charge is 2.38. The molecular formula is C23H29N5O. The lowest BCUT2D eigenvalue weighted by molar-refractivity contribution is -0.117. The van der Waals surface area contributed by atoms with Gasteiger partial charge in [0, 0.05) is 43.0 Å². The molecule has 1 aromatic heterocycles. The van der Waals surface area contributed by atoms with Crippen molar-refractivity contribution in [3.8, 4) is 0 Å². The van der Waals surface area contributed by atoms with Gasteiger partial charge in [-0.25, -0.2) is 9.97 Å². The second kappa shape index (κ2) is 7.95. The largest absolute Gasteiger partial charge is 0.347 e. The van der Waals surface area contributed by atoms with Crippen LogP contribution in [0.25, 0.3) is 5.57 Å². The highest BCUT2D eigenvalue weighted by Crippen LogP contribution is 2.43. The van der Waals surface area contributed by atoms with Crippen molar-refractivity contribution in [2.45, 2.75) is 46.2 Å². The summed E-state index contributed by atoms with van der Waals surface area (Å²) in [5.41, 5.74) is 5.63. The number of carbonyl (C=O) groups is 1. The molecule has 0 bridgehead atoms. The fourth-order valence-electron chi connectivity index (χ4n) is 4.45. The maximum Gasteiger partial charge on any atom is 0.224 e. The molecule has 0 saturated carbocycles. The zero-order chi connectivity index (χ0) is 20.5. The van der Waals surface area contributed by atoms with E-state index in [4.69, 9.17) is 0 Å². The van der Waals surface area contributed by atoms with Crippen molar-refractivity contribution in [2.75, 3.05) is 23.3 Å². The zero-order valence-corrected chi connectivity index (χ0v) is 17.6. The summed E-state index contributed by atoms with van der Waals surface area (Å²) in [5, 5.41) is 6.93. The summed E-state index contributed by atoms with van der Waals surface area (Å²) in [4.78, 5) is 23.4. The molecule has 1 amide bonds. The standard InChI is InChI=1S/C23H29N5O/c1-14-7-12-25-23(26-14)27-22-15(2)16(3)28(17(4)29)21-6-5-19(13-20(21)22)18-8-10-24-11-9-18/h5-8,12-13,15-16,22,24H,9-11H2,1-4H3,(H,25,26,27). The first kappa shape index (κ1) is 19.6. The molecule has 1 aromatic carbocycles. The van der Waals surface area contributed by atoms with Crippen LogP contribution in [-0.2, 0) is 4.79 Å². The zero-order valence-electron chi connectivity index (χ0n) is 17.6. The molecular weight excluding hydrogens is 362 g/mol. The van der Waals surface area contributed by atoms with Gasteiger partial charge < -0.3 is 15.5 Å². The average Bonchev–Trinajstić information content (AvgIpc) is 2.72. The average molecular weight is 392 g/mol. The molecule has 152 valence electrons. The molecule has 0 aliphatic carbocycles. The van der Waals surface area contributed by atoms with Crippen LogP contribution in [0.1, 0.15) is 50.1 Å². The third-order valence-electron chi connectivity index (χ3n) is 6.17. The van der Waals surface area contributed by atoms with Crippen LogP contribution in [0, 0.1) is 12.8 Å². The minimum Gasteiger partial charge on any atom is -0.347 e. The van der Waals surface area contributed by atoms with Gasteiger partial charge in [0.05, 0.1) is 6.04 Å². The minimum atomic E-state index is 0.0275. The number of rotatable bonds is 3. The second-order valence-corrected chi connectivity index (χ2v) is 8.09. The van der Waals surface area contributed by atoms with E-state index in [0.717, 1.165) is 36.5 Å². The van der Waals surface area contributed by atoms with E-state index < -0.39 is 0 Å². The maximum atomic E-state index is 12.5. The molecule has 2 aromatic rings. The summed E-state index contributed by atoms with van der Waals surface area (Å²) in [7, 11) is 0. The van der Waals surface area contributed by atoms with E-state index in [1.54, 1.807) is 13.1 Å². The molecule has 3 atom stereocenters. The van der Waals surface area contributed by atoms with Gasteiger partial charge in [0.1, 0.15) is 0 Å². The molecule has 6 heteroatoms. The molecule has 2 aliphatic rings. The van der Waals surface area contributed by atoms with Crippen LogP contribution in [0.3, 0.4) is 0 Å². The molecule has 0 fully saturated rings. The van der Waals surface area contributed by atoms with E-state index in [9.17, 15) is 4.79 Å². The summed E-state index contributed by atoms with van der Waals surface area (Å²) in [6.07, 6.45) is 5.05. The number of carbonyl (C=O) groups excluding carboxylic acids is 1. The molecule has 0 radical (unpaired) electrons. The molecule has 0 saturated heterocycles. The number of benzene rings is 1. The Morgan fingerprint density at radius 2 is 2.10 bits per heavy atom. The van der Waals surface area contributed by atoms with Crippen LogP contribution in [0.2, 0.25) is 0 Å². The van der Waals surface area contributed by atoms with Crippen LogP contribution in [0.4, 0.5) is 11.6 Å². The molecule has 3 unspecified atom stereocenters. The number of fused-ring (bicyclic) bond motifs is 1. The van der Waals surface area contributed by atoms with Crippen LogP contribution in [0.5, 0.6) is 0 Å². The first-order valence-electron chi connectivity index (χ1n) is 10.4. The Morgan fingerprint density at radius 1 is 1.28 bits per heavy atom. The van der Waals surface area contributed by atoms with Crippen molar-refractivity contribution >= 4 is 23.1 Å². The van der Waals surface area contributed by atoms with Gasteiger partial charge in [-0.1, -0.05) is 19.1 Å². The van der Waals surface area contributed by atoms with Crippen LogP contribution < -0.4 is 15.5 Å². The van der Waals surface area contributed by atoms with Crippen molar-refractivity contribution < 1.29 is 4.79 Å². The monoisotopic (exact) mass is 391 g/mol. The molecule has 6 nitrogen and oxygen atoms in total. The van der Waals surface area contributed by atoms with Crippen LogP contribution in [-0.4, -0.2) is 35.0 Å². The highest BCUT2D eigenvalue weighted by molar-refractivity contribution is 5.94. The van der Waals surface area contributed by atoms with E-state index in [1.807, 2.05) is 17.9 Å². The number of nitrogens with one attached hydrogen (secondary N) is 2. The van der Waals surface area contributed by atoms with Crippen molar-refractivity contribution in [3.63, 3.8) is 0 Å². The van der Waals surface area contributed by atoms with Gasteiger partial charge in [0.2, 0.25) is 11.9 Å². The smallest absolute Gasteiger partial charge is 0.224 e. The fraction of sp³-hybridized carbons (Fsp3) is 0.435. The third kappa shape index (κ3) is 3.77. The summed E-state index contributed by atoms with van der Waals surface area (Å²) >= 11 is 0. The number of aryl methyl sites for hydroxylation is 1. The van der Waals surface area contributed by atoms with Gasteiger partial charge in [-0.2, -0.15) is 0 Å². The number of amides is 1. The normalized spacial score (nSPS) is 23.9. The van der Waals surface area contributed by atoms with Gasteiger partial charge in [-0.3, -0.25) is 4.79 Å². The van der Waals surface area contributed by atoms with Crippen molar-refractivity contribution in [3.05, 3.63) is 53.4 Å². The summed E-state index contributed by atoms with van der Waals surface area (Å²) in [5.74, 6) is 0.903. The maximum absolute atomic E-state index is 12.5. The summed E-state index contributed by atoms with van der Waals surface area (Å²) in [6, 6.07) is 8.49. The third-order valence-corrected chi connectivity index (χ3v) is 6.17. The molecule has 2 aliphatic heterocycles. The number of hydrogen-bond donors (Lipinski definition) is 2. The Labute approximate surface area is 172 Å². The topological polar surface area (TPSA) is 70.2 Å². The Morgan fingerprint density at radius 3 is 2.79 bits per heavy atom. The first-order chi connectivity index (χ1) is 14.0. The lowest BCUT2D eigenvalue weighted by Gasteiger charge is -2.44. The number of nitrogens with zero attached hydrogens (tertiary/aromatic N) is 3. The van der Waals surface area contributed by atoms with Crippen LogP contribution >= 0.6 is 0 Å². The van der Waals surface area contributed by atoms with Crippen molar-refractivity contribution in [1.29, 1.82) is 0 Å². The lowest BCUT2D eigenvalue weighted by Crippen LogP contribution is -2.48. The van der Waals surface area contributed by atoms with E-state index in [2.05, 4.69) is 58.7 Å². The fourth-order valence-corrected chi connectivity index (χ4v) is 4.45. The quantitative estimate of drug-likeness (QED) is 0.835. The number of hydrogen-bond acceptors (Lipinski definition) is 5. The van der Waals surface area contributed by atoms with E-state index >= 15 is 0 Å². The number of anilines is 2. The van der Waals surface area contributed by atoms with E-state index in [1.165, 1.54) is 11.1 Å². The van der Waals surface area contributed by atoms with Gasteiger partial charge in [-0.15, -0.1) is 0 Å². The van der Waals surface area contributed by atoms with Gasteiger partial charge in [0.25, 0.3) is 0 Å². The Bertz CT molecular complexity index is 954. The molecule has 29 heavy (non-hydrogen) atoms. The molecule has 3 heterocycles. The SMILES string of the molecule is CC(=O)N1c2ccc(C3=CCNCC3)cc2C(Nc2nccc(C)n2)C(C)C1C. The van der Waals surface area contributed by atoms with Crippen molar-refractivity contribution in [2.24, 2.45) is 5.92 Å². The summed E-state index contributed by atoms with van der Waals surface area (Å²) in [6.45, 7) is 9.81. The van der Waals surface area contributed by atoms with Crippen LogP contribution in [0.15, 0.2) is 36.5 Å². The Kier molecular flexibility index (Phi) is 5.37. The summed E-state index contributed by atoms with van der Waals surface area (Å²) < 4.78 is 0. The van der Waals surface area contributed by atoms with Crippen molar-refractivity contribution in [1.82, 2.24) is 15.3 Å². The Balaban J connectivity index is 1.80. The Hall–Kier alpha value is -2.73. The molecule has 0 spiro atoms. The van der Waals surface area contributed by atoms with Gasteiger partial charge in [-0.05, 0) is 61.7 Å². The van der Waals surface area contributed by atoms with E-state index in [0.29, 0.717) is 5.95 Å². The predicted octanol–water partition coefficient (Wildman–Crippen LogP) is 3.71. The first-order valence-corrected chi connectivity index (χ1v) is 10.4. The highest BCUT2D eigenvalue weighted by atomic mass is 16.2. The molecule has 4 rings (SSSR count). The van der Waals surface area contributed by atoms with E-state index in [-0.39, 0.29) is 23.9 Å². The van der Waals surface area contributed by atoms with Gasteiger partial charge in [0.15, 0.2) is 0 Å². The van der Waals surface area contributed by atoms with Gasteiger partial charge >= 0.3 is 0 Å². The second-order valence-electron chi connectivity index (χ2n) is 8.09. The predicted molar refractivity (Wildman–Crippen MR) is 117 cm³/mol.